The minimum atomic E-state index is -1.82. The van der Waals surface area contributed by atoms with Gasteiger partial charge in [0.05, 0.1) is 19.2 Å². The van der Waals surface area contributed by atoms with Gasteiger partial charge in [0.25, 0.3) is 0 Å². The molecule has 1 aromatic rings. The van der Waals surface area contributed by atoms with Crippen LogP contribution >= 0.6 is 0 Å². The molecule has 0 radical (unpaired) electrons. The van der Waals surface area contributed by atoms with Crippen LogP contribution in [0.5, 0.6) is 0 Å². The summed E-state index contributed by atoms with van der Waals surface area (Å²) in [6.45, 7) is 1.36. The summed E-state index contributed by atoms with van der Waals surface area (Å²) in [5.74, 6) is -3.40. The molecule has 0 bridgehead atoms. The molecule has 2 heterocycles. The van der Waals surface area contributed by atoms with Gasteiger partial charge in [0.1, 0.15) is 11.9 Å². The van der Waals surface area contributed by atoms with Gasteiger partial charge in [-0.1, -0.05) is 24.3 Å². The fraction of sp³-hybridized carbons (Fsp3) is 0.300. The van der Waals surface area contributed by atoms with Crippen molar-refractivity contribution in [2.24, 2.45) is 11.1 Å². The number of hydrogen-bond donors (Lipinski definition) is 1. The van der Waals surface area contributed by atoms with Crippen LogP contribution < -0.4 is 5.73 Å². The van der Waals surface area contributed by atoms with Gasteiger partial charge in [0, 0.05) is 17.7 Å². The Hall–Kier alpha value is -3.47. The molecule has 144 valence electrons. The number of ketones is 1. The van der Waals surface area contributed by atoms with E-state index in [1.54, 1.807) is 0 Å². The predicted octanol–water partition coefficient (Wildman–Crippen LogP) is 1.17. The topological polar surface area (TPSA) is 113 Å². The van der Waals surface area contributed by atoms with E-state index >= 15 is 0 Å². The van der Waals surface area contributed by atoms with Crippen LogP contribution in [0.25, 0.3) is 0 Å². The Balaban J connectivity index is 2.29. The minimum absolute atomic E-state index is 0.247. The number of carbonyl (C=O) groups excluding carboxylic acids is 3. The molecule has 0 unspecified atom stereocenters. The van der Waals surface area contributed by atoms with Gasteiger partial charge >= 0.3 is 5.97 Å². The molecule has 28 heavy (non-hydrogen) atoms. The molecular weight excluding hydrogens is 365 g/mol. The highest BCUT2D eigenvalue weighted by atomic mass is 19.1. The highest BCUT2D eigenvalue weighted by Gasteiger charge is 2.66. The predicted molar refractivity (Wildman–Crippen MR) is 95.7 cm³/mol. The number of allylic oxidation sites excluding steroid dienone is 2. The average Bonchev–Trinajstić information content (AvgIpc) is 2.98. The van der Waals surface area contributed by atoms with E-state index in [1.165, 1.54) is 54.4 Å². The maximum atomic E-state index is 13.4. The van der Waals surface area contributed by atoms with E-state index in [2.05, 4.69) is 0 Å². The summed E-state index contributed by atoms with van der Waals surface area (Å²) in [7, 11) is 1.15. The van der Waals surface area contributed by atoms with Crippen molar-refractivity contribution in [3.05, 3.63) is 59.6 Å². The molecule has 2 aliphatic rings. The molecule has 1 amide bonds. The summed E-state index contributed by atoms with van der Waals surface area (Å²) in [6, 6.07) is 5.20. The van der Waals surface area contributed by atoms with E-state index in [4.69, 9.17) is 10.5 Å². The van der Waals surface area contributed by atoms with E-state index in [1.807, 2.05) is 6.07 Å². The van der Waals surface area contributed by atoms with Crippen LogP contribution in [0.1, 0.15) is 18.4 Å². The average molecular weight is 383 g/mol. The fourth-order valence-electron chi connectivity index (χ4n) is 4.06. The number of hydrogen-bond acceptors (Lipinski definition) is 6. The van der Waals surface area contributed by atoms with Crippen LogP contribution in [-0.2, 0) is 19.1 Å². The van der Waals surface area contributed by atoms with Gasteiger partial charge in [-0.2, -0.15) is 5.26 Å². The number of primary amides is 1. The standard InChI is InChI=1S/C20H18FN3O4/c1-11(25)13-5-8-15-20(10-22,19(27)28-2)16(12-3-6-14(21)7-4-12)17(18(23)26)24(15)9-13/h3-9,15-17H,1-2H3,(H2,23,26)/t15-,16-,17+,20+/m0/s1. The van der Waals surface area contributed by atoms with Crippen molar-refractivity contribution in [1.82, 2.24) is 4.90 Å². The maximum absolute atomic E-state index is 13.4. The van der Waals surface area contributed by atoms with Crippen molar-refractivity contribution in [3.63, 3.8) is 0 Å². The second kappa shape index (κ2) is 6.93. The van der Waals surface area contributed by atoms with E-state index in [9.17, 15) is 24.0 Å². The molecular formula is C20H18FN3O4. The quantitative estimate of drug-likeness (QED) is 0.781. The van der Waals surface area contributed by atoms with Crippen LogP contribution in [0.2, 0.25) is 0 Å². The van der Waals surface area contributed by atoms with E-state index in [0.29, 0.717) is 11.1 Å². The van der Waals surface area contributed by atoms with Gasteiger partial charge in [-0.05, 0) is 24.6 Å². The van der Waals surface area contributed by atoms with Crippen LogP contribution in [-0.4, -0.2) is 41.8 Å². The van der Waals surface area contributed by atoms with E-state index in [-0.39, 0.29) is 5.78 Å². The van der Waals surface area contributed by atoms with Gasteiger partial charge in [-0.15, -0.1) is 0 Å². The lowest BCUT2D eigenvalue weighted by Crippen LogP contribution is -2.45. The third kappa shape index (κ3) is 2.67. The Kier molecular flexibility index (Phi) is 4.77. The number of carbonyl (C=O) groups is 3. The SMILES string of the molecule is COC(=O)[C@]1(C#N)[C@@H]2C=CC(C(C)=O)=CN2[C@@H](C(N)=O)[C@@H]1c1ccc(F)cc1. The molecule has 2 aliphatic heterocycles. The van der Waals surface area contributed by atoms with Crippen LogP contribution in [0.15, 0.2) is 48.2 Å². The lowest BCUT2D eigenvalue weighted by Gasteiger charge is -2.32. The Morgan fingerprint density at radius 2 is 1.93 bits per heavy atom. The van der Waals surface area contributed by atoms with Gasteiger partial charge < -0.3 is 15.4 Å². The third-order valence-corrected chi connectivity index (χ3v) is 5.30. The number of nitriles is 1. The summed E-state index contributed by atoms with van der Waals surface area (Å²) < 4.78 is 18.4. The molecule has 1 fully saturated rings. The molecule has 1 saturated heterocycles. The first-order valence-corrected chi connectivity index (χ1v) is 8.50. The zero-order valence-corrected chi connectivity index (χ0v) is 15.3. The molecule has 1 aromatic carbocycles. The van der Waals surface area contributed by atoms with Crippen molar-refractivity contribution < 1.29 is 23.5 Å². The third-order valence-electron chi connectivity index (χ3n) is 5.30. The smallest absolute Gasteiger partial charge is 0.329 e. The number of rotatable bonds is 4. The zero-order valence-electron chi connectivity index (χ0n) is 15.3. The number of halogens is 1. The van der Waals surface area contributed by atoms with E-state index in [0.717, 1.165) is 7.11 Å². The first-order chi connectivity index (χ1) is 13.3. The summed E-state index contributed by atoms with van der Waals surface area (Å²) in [5, 5.41) is 10.1. The molecule has 0 aromatic heterocycles. The Morgan fingerprint density at radius 1 is 1.29 bits per heavy atom. The largest absolute Gasteiger partial charge is 0.468 e. The molecule has 0 aliphatic carbocycles. The minimum Gasteiger partial charge on any atom is -0.468 e. The fourth-order valence-corrected chi connectivity index (χ4v) is 4.06. The maximum Gasteiger partial charge on any atom is 0.329 e. The van der Waals surface area contributed by atoms with Crippen molar-refractivity contribution >= 4 is 17.7 Å². The van der Waals surface area contributed by atoms with Crippen LogP contribution in [0, 0.1) is 22.6 Å². The monoisotopic (exact) mass is 383 g/mol. The second-order valence-corrected chi connectivity index (χ2v) is 6.74. The van der Waals surface area contributed by atoms with Gasteiger partial charge in [0.15, 0.2) is 11.2 Å². The van der Waals surface area contributed by atoms with Crippen molar-refractivity contribution in [3.8, 4) is 6.07 Å². The van der Waals surface area contributed by atoms with Crippen molar-refractivity contribution in [2.75, 3.05) is 7.11 Å². The lowest BCUT2D eigenvalue weighted by molar-refractivity contribution is -0.150. The van der Waals surface area contributed by atoms with Crippen molar-refractivity contribution in [1.29, 1.82) is 5.26 Å². The van der Waals surface area contributed by atoms with Gasteiger partial charge in [0.2, 0.25) is 5.91 Å². The highest BCUT2D eigenvalue weighted by Crippen LogP contribution is 2.53. The molecule has 3 rings (SSSR count). The van der Waals surface area contributed by atoms with Crippen molar-refractivity contribution in [2.45, 2.75) is 24.9 Å². The molecule has 7 nitrogen and oxygen atoms in total. The summed E-state index contributed by atoms with van der Waals surface area (Å²) in [6.07, 6.45) is 4.46. The number of benzene rings is 1. The number of methoxy groups -OCH3 is 1. The molecule has 0 saturated carbocycles. The first kappa shape index (κ1) is 19.3. The zero-order chi connectivity index (χ0) is 20.6. The van der Waals surface area contributed by atoms with Crippen LogP contribution in [0.3, 0.4) is 0 Å². The van der Waals surface area contributed by atoms with Crippen LogP contribution in [0.4, 0.5) is 4.39 Å². The summed E-state index contributed by atoms with van der Waals surface area (Å²) in [5.41, 5.74) is 4.52. The van der Waals surface area contributed by atoms with E-state index < -0.39 is 41.1 Å². The van der Waals surface area contributed by atoms with Gasteiger partial charge in [-0.3, -0.25) is 14.4 Å². The molecule has 4 atom stereocenters. The number of esters is 1. The summed E-state index contributed by atoms with van der Waals surface area (Å²) in [4.78, 5) is 38.5. The second-order valence-electron chi connectivity index (χ2n) is 6.74. The Morgan fingerprint density at radius 3 is 2.43 bits per heavy atom. The number of amides is 1. The Labute approximate surface area is 160 Å². The Bertz CT molecular complexity index is 947. The number of Topliss-reactive ketones (excluding diaryl/α,β-unsaturated/α-hetero) is 1. The molecule has 2 N–H and O–H groups in total. The lowest BCUT2D eigenvalue weighted by atomic mass is 9.68. The van der Waals surface area contributed by atoms with Gasteiger partial charge in [-0.25, -0.2) is 4.39 Å². The molecule has 0 spiro atoms. The number of nitrogens with two attached hydrogens (primary N) is 1. The number of nitrogens with zero attached hydrogens (tertiary/aromatic N) is 2. The number of fused-ring (bicyclic) bond motifs is 1. The highest BCUT2D eigenvalue weighted by molar-refractivity contribution is 5.97. The first-order valence-electron chi connectivity index (χ1n) is 8.50. The molecule has 8 heteroatoms. The number of ether oxygens (including phenoxy) is 1. The normalized spacial score (nSPS) is 28.1. The summed E-state index contributed by atoms with van der Waals surface area (Å²) >= 11 is 0.